The molecule has 1 nitrogen and oxygen atoms in total. The van der Waals surface area contributed by atoms with E-state index in [0.29, 0.717) is 0 Å². The van der Waals surface area contributed by atoms with Crippen LogP contribution in [0.3, 0.4) is 0 Å². The molecule has 0 unspecified atom stereocenters. The van der Waals surface area contributed by atoms with E-state index in [1.165, 1.54) is 49.7 Å². The van der Waals surface area contributed by atoms with Crippen molar-refractivity contribution in [1.82, 2.24) is 4.98 Å². The van der Waals surface area contributed by atoms with Crippen LogP contribution < -0.4 is 0 Å². The van der Waals surface area contributed by atoms with Crippen LogP contribution in [0.5, 0.6) is 0 Å². The van der Waals surface area contributed by atoms with E-state index in [-0.39, 0.29) is 0 Å². The molecule has 1 rings (SSSR count). The molecule has 0 saturated carbocycles. The first-order chi connectivity index (χ1) is 6.86. The summed E-state index contributed by atoms with van der Waals surface area (Å²) in [5, 5.41) is 0. The Hall–Kier alpha value is -0.850. The highest BCUT2D eigenvalue weighted by molar-refractivity contribution is 5.18. The molecule has 0 aliphatic carbocycles. The van der Waals surface area contributed by atoms with Gasteiger partial charge >= 0.3 is 0 Å². The number of hydrogen-bond acceptors (Lipinski definition) is 1. The second-order valence-corrected chi connectivity index (χ2v) is 3.91. The second-order valence-electron chi connectivity index (χ2n) is 3.91. The van der Waals surface area contributed by atoms with Gasteiger partial charge in [-0.15, -0.1) is 0 Å². The van der Waals surface area contributed by atoms with Gasteiger partial charge in [0.2, 0.25) is 0 Å². The minimum absolute atomic E-state index is 1.18. The van der Waals surface area contributed by atoms with Crippen molar-refractivity contribution < 1.29 is 0 Å². The highest BCUT2D eigenvalue weighted by Crippen LogP contribution is 2.09. The van der Waals surface area contributed by atoms with Crippen molar-refractivity contribution in [3.8, 4) is 0 Å². The Morgan fingerprint density at radius 2 is 1.43 bits per heavy atom. The van der Waals surface area contributed by atoms with Gasteiger partial charge in [-0.3, -0.25) is 4.98 Å². The van der Waals surface area contributed by atoms with Crippen LogP contribution in [-0.2, 0) is 12.8 Å². The number of rotatable bonds is 6. The molecule has 0 radical (unpaired) electrons. The molecule has 0 amide bonds. The van der Waals surface area contributed by atoms with E-state index in [2.05, 4.69) is 24.9 Å². The highest BCUT2D eigenvalue weighted by Gasteiger charge is 1.96. The van der Waals surface area contributed by atoms with Crippen molar-refractivity contribution in [3.05, 3.63) is 29.6 Å². The standard InChI is InChI=1S/C13H21N/c1-3-5-7-12-9-13(8-6-4-2)11-14-10-12/h9-11H,3-8H2,1-2H3. The Bertz CT molecular complexity index is 232. The topological polar surface area (TPSA) is 12.9 Å². The maximum absolute atomic E-state index is 4.29. The summed E-state index contributed by atoms with van der Waals surface area (Å²) in [6.07, 6.45) is 11.5. The van der Waals surface area contributed by atoms with Crippen LogP contribution in [0.15, 0.2) is 18.5 Å². The summed E-state index contributed by atoms with van der Waals surface area (Å²) in [7, 11) is 0. The van der Waals surface area contributed by atoms with Crippen LogP contribution in [0.25, 0.3) is 0 Å². The maximum atomic E-state index is 4.29. The zero-order valence-electron chi connectivity index (χ0n) is 9.42. The molecule has 0 aromatic carbocycles. The van der Waals surface area contributed by atoms with E-state index < -0.39 is 0 Å². The summed E-state index contributed by atoms with van der Waals surface area (Å²) >= 11 is 0. The van der Waals surface area contributed by atoms with Crippen molar-refractivity contribution in [1.29, 1.82) is 0 Å². The Morgan fingerprint density at radius 3 is 1.86 bits per heavy atom. The molecule has 0 atom stereocenters. The lowest BCUT2D eigenvalue weighted by atomic mass is 10.1. The van der Waals surface area contributed by atoms with Crippen molar-refractivity contribution in [2.24, 2.45) is 0 Å². The van der Waals surface area contributed by atoms with Crippen LogP contribution in [0.2, 0.25) is 0 Å². The predicted molar refractivity (Wildman–Crippen MR) is 61.5 cm³/mol. The normalized spacial score (nSPS) is 10.4. The molecule has 0 aliphatic heterocycles. The third-order valence-corrected chi connectivity index (χ3v) is 2.49. The number of aromatic nitrogens is 1. The minimum Gasteiger partial charge on any atom is -0.264 e. The third-order valence-electron chi connectivity index (χ3n) is 2.49. The van der Waals surface area contributed by atoms with Crippen molar-refractivity contribution in [3.63, 3.8) is 0 Å². The quantitative estimate of drug-likeness (QED) is 0.667. The third kappa shape index (κ3) is 3.91. The zero-order chi connectivity index (χ0) is 10.2. The molecule has 0 bridgehead atoms. The van der Waals surface area contributed by atoms with Gasteiger partial charge in [0.05, 0.1) is 0 Å². The lowest BCUT2D eigenvalue weighted by Gasteiger charge is -2.03. The van der Waals surface area contributed by atoms with Crippen LogP contribution in [-0.4, -0.2) is 4.98 Å². The molecule has 14 heavy (non-hydrogen) atoms. The largest absolute Gasteiger partial charge is 0.264 e. The molecule has 1 heteroatoms. The average molecular weight is 191 g/mol. The van der Waals surface area contributed by atoms with Crippen molar-refractivity contribution in [2.45, 2.75) is 52.4 Å². The number of unbranched alkanes of at least 4 members (excludes halogenated alkanes) is 2. The summed E-state index contributed by atoms with van der Waals surface area (Å²) in [5.41, 5.74) is 2.81. The molecule has 1 aromatic heterocycles. The first kappa shape index (κ1) is 11.2. The molecule has 0 aliphatic rings. The second kappa shape index (κ2) is 6.58. The summed E-state index contributed by atoms with van der Waals surface area (Å²) in [4.78, 5) is 4.29. The molecule has 0 fully saturated rings. The van der Waals surface area contributed by atoms with E-state index in [9.17, 15) is 0 Å². The Kier molecular flexibility index (Phi) is 5.28. The molecule has 0 saturated heterocycles. The molecular weight excluding hydrogens is 170 g/mol. The maximum Gasteiger partial charge on any atom is 0.0300 e. The number of aryl methyl sites for hydroxylation is 2. The summed E-state index contributed by atoms with van der Waals surface area (Å²) in [6.45, 7) is 4.46. The zero-order valence-corrected chi connectivity index (χ0v) is 9.42. The fourth-order valence-electron chi connectivity index (χ4n) is 1.58. The minimum atomic E-state index is 1.18. The summed E-state index contributed by atoms with van der Waals surface area (Å²) in [5.74, 6) is 0. The molecule has 0 spiro atoms. The lowest BCUT2D eigenvalue weighted by Crippen LogP contribution is -1.91. The van der Waals surface area contributed by atoms with E-state index in [4.69, 9.17) is 0 Å². The molecule has 1 heterocycles. The van der Waals surface area contributed by atoms with Gasteiger partial charge in [-0.1, -0.05) is 32.8 Å². The van der Waals surface area contributed by atoms with Crippen LogP contribution in [0, 0.1) is 0 Å². The first-order valence-corrected chi connectivity index (χ1v) is 5.79. The van der Waals surface area contributed by atoms with Gasteiger partial charge < -0.3 is 0 Å². The van der Waals surface area contributed by atoms with E-state index >= 15 is 0 Å². The molecular formula is C13H21N. The van der Waals surface area contributed by atoms with E-state index in [1.807, 2.05) is 12.4 Å². The Morgan fingerprint density at radius 1 is 0.929 bits per heavy atom. The van der Waals surface area contributed by atoms with E-state index in [0.717, 1.165) is 0 Å². The lowest BCUT2D eigenvalue weighted by molar-refractivity contribution is 0.775. The van der Waals surface area contributed by atoms with Gasteiger partial charge in [-0.2, -0.15) is 0 Å². The van der Waals surface area contributed by atoms with Crippen molar-refractivity contribution >= 4 is 0 Å². The van der Waals surface area contributed by atoms with Gasteiger partial charge in [-0.25, -0.2) is 0 Å². The molecule has 78 valence electrons. The van der Waals surface area contributed by atoms with Gasteiger partial charge in [-0.05, 0) is 36.8 Å². The average Bonchev–Trinajstić information content (AvgIpc) is 2.24. The number of pyridine rings is 1. The number of nitrogens with zero attached hydrogens (tertiary/aromatic N) is 1. The SMILES string of the molecule is CCCCc1cncc(CCCC)c1. The van der Waals surface area contributed by atoms with Crippen molar-refractivity contribution in [2.75, 3.05) is 0 Å². The molecule has 0 N–H and O–H groups in total. The van der Waals surface area contributed by atoms with Crippen LogP contribution in [0.1, 0.15) is 50.7 Å². The van der Waals surface area contributed by atoms with Gasteiger partial charge in [0.25, 0.3) is 0 Å². The first-order valence-electron chi connectivity index (χ1n) is 5.79. The Balaban J connectivity index is 2.50. The summed E-state index contributed by atoms with van der Waals surface area (Å²) < 4.78 is 0. The predicted octanol–water partition coefficient (Wildman–Crippen LogP) is 3.77. The van der Waals surface area contributed by atoms with Gasteiger partial charge in [0, 0.05) is 12.4 Å². The molecule has 1 aromatic rings. The fraction of sp³-hybridized carbons (Fsp3) is 0.615. The smallest absolute Gasteiger partial charge is 0.0300 e. The van der Waals surface area contributed by atoms with Crippen LogP contribution in [0.4, 0.5) is 0 Å². The Labute approximate surface area is 87.6 Å². The van der Waals surface area contributed by atoms with Gasteiger partial charge in [0.1, 0.15) is 0 Å². The number of hydrogen-bond donors (Lipinski definition) is 0. The highest BCUT2D eigenvalue weighted by atomic mass is 14.6. The fourth-order valence-corrected chi connectivity index (χ4v) is 1.58. The van der Waals surface area contributed by atoms with Gasteiger partial charge in [0.15, 0.2) is 0 Å². The summed E-state index contributed by atoms with van der Waals surface area (Å²) in [6, 6.07) is 2.32. The van der Waals surface area contributed by atoms with E-state index in [1.54, 1.807) is 0 Å². The monoisotopic (exact) mass is 191 g/mol. The van der Waals surface area contributed by atoms with Crippen LogP contribution >= 0.6 is 0 Å².